The number of carbonyl (C=O) groups is 3. The Balaban J connectivity index is 4.30. The van der Waals surface area contributed by atoms with Crippen molar-refractivity contribution in [2.75, 3.05) is 13.2 Å². The Morgan fingerprint density at radius 3 is 0.891 bits per heavy atom. The van der Waals surface area contributed by atoms with E-state index in [9.17, 15) is 14.4 Å². The highest BCUT2D eigenvalue weighted by Gasteiger charge is 2.19. The van der Waals surface area contributed by atoms with E-state index in [1.807, 2.05) is 0 Å². The lowest BCUT2D eigenvalue weighted by atomic mass is 10.0. The minimum absolute atomic E-state index is 0.0655. The van der Waals surface area contributed by atoms with Crippen molar-refractivity contribution >= 4 is 17.9 Å². The Morgan fingerprint density at radius 1 is 0.345 bits per heavy atom. The average Bonchev–Trinajstić information content (AvgIpc) is 3.15. The number of carbonyl (C=O) groups excluding carboxylic acids is 3. The van der Waals surface area contributed by atoms with Gasteiger partial charge in [-0.2, -0.15) is 0 Å². The van der Waals surface area contributed by atoms with E-state index >= 15 is 0 Å². The molecule has 0 N–H and O–H groups in total. The van der Waals surface area contributed by atoms with Crippen LogP contribution in [0.2, 0.25) is 0 Å². The molecule has 0 saturated heterocycles. The van der Waals surface area contributed by atoms with Gasteiger partial charge in [0.15, 0.2) is 6.10 Å². The minimum Gasteiger partial charge on any atom is -0.462 e. The molecule has 0 aliphatic heterocycles. The summed E-state index contributed by atoms with van der Waals surface area (Å²) >= 11 is 0. The first-order valence-electron chi connectivity index (χ1n) is 24.2. The Kier molecular flexibility index (Phi) is 40.8. The van der Waals surface area contributed by atoms with Crippen LogP contribution in [0.25, 0.3) is 0 Å². The monoisotopic (exact) mass is 779 g/mol. The van der Waals surface area contributed by atoms with Crippen molar-refractivity contribution in [2.24, 2.45) is 11.8 Å². The van der Waals surface area contributed by atoms with Gasteiger partial charge >= 0.3 is 17.9 Å². The van der Waals surface area contributed by atoms with Crippen LogP contribution in [-0.2, 0) is 28.6 Å². The summed E-state index contributed by atoms with van der Waals surface area (Å²) in [5, 5.41) is 0. The maximum Gasteiger partial charge on any atom is 0.306 e. The summed E-state index contributed by atoms with van der Waals surface area (Å²) in [6, 6.07) is 0. The smallest absolute Gasteiger partial charge is 0.306 e. The number of unbranched alkanes of at least 4 members (excludes halogenated alkanes) is 28. The van der Waals surface area contributed by atoms with Gasteiger partial charge in [-0.25, -0.2) is 0 Å². The van der Waals surface area contributed by atoms with Crippen molar-refractivity contribution in [3.05, 3.63) is 0 Å². The Bertz CT molecular complexity index is 839. The van der Waals surface area contributed by atoms with E-state index in [-0.39, 0.29) is 31.1 Å². The third-order valence-corrected chi connectivity index (χ3v) is 11.0. The summed E-state index contributed by atoms with van der Waals surface area (Å²) in [4.78, 5) is 37.8. The lowest BCUT2D eigenvalue weighted by Crippen LogP contribution is -2.30. The normalized spacial score (nSPS) is 12.1. The SMILES string of the molecule is CCCCCCCCCCCCCCCCCCC(=O)O[C@H](COC(=O)CCCCCCCCCCC(C)C)COC(=O)CCCCCCCCCC(C)C. The van der Waals surface area contributed by atoms with Gasteiger partial charge in [0.25, 0.3) is 0 Å². The van der Waals surface area contributed by atoms with Gasteiger partial charge in [0.05, 0.1) is 0 Å². The number of rotatable bonds is 43. The first kappa shape index (κ1) is 53.4. The fourth-order valence-corrected chi connectivity index (χ4v) is 7.28. The van der Waals surface area contributed by atoms with Gasteiger partial charge in [-0.15, -0.1) is 0 Å². The molecule has 0 rings (SSSR count). The van der Waals surface area contributed by atoms with Crippen LogP contribution in [0.3, 0.4) is 0 Å². The fraction of sp³-hybridized carbons (Fsp3) is 0.939. The standard InChI is InChI=1S/C49H94O6/c1-6-7-8-9-10-11-12-13-14-15-16-17-18-25-31-36-41-49(52)55-46(43-54-48(51)40-35-30-26-21-23-28-33-38-45(4)5)42-53-47(50)39-34-29-24-20-19-22-27-32-37-44(2)3/h44-46H,6-43H2,1-5H3/t46-/m1/s1. The Hall–Kier alpha value is -1.59. The zero-order valence-electron chi connectivity index (χ0n) is 37.6. The minimum atomic E-state index is -0.761. The molecule has 6 heteroatoms. The van der Waals surface area contributed by atoms with Gasteiger partial charge in [0, 0.05) is 19.3 Å². The van der Waals surface area contributed by atoms with Crippen LogP contribution in [0.15, 0.2) is 0 Å². The van der Waals surface area contributed by atoms with Gasteiger partial charge in [-0.1, -0.05) is 227 Å². The van der Waals surface area contributed by atoms with E-state index in [1.54, 1.807) is 0 Å². The molecule has 0 radical (unpaired) electrons. The summed E-state index contributed by atoms with van der Waals surface area (Å²) in [5.41, 5.74) is 0. The second kappa shape index (κ2) is 42.0. The van der Waals surface area contributed by atoms with Crippen LogP contribution < -0.4 is 0 Å². The molecule has 1 atom stereocenters. The first-order chi connectivity index (χ1) is 26.7. The van der Waals surface area contributed by atoms with Gasteiger partial charge in [-0.3, -0.25) is 14.4 Å². The molecule has 326 valence electrons. The molecule has 0 saturated carbocycles. The molecule has 0 aromatic heterocycles. The van der Waals surface area contributed by atoms with Crippen molar-refractivity contribution in [2.45, 2.75) is 272 Å². The van der Waals surface area contributed by atoms with Gasteiger partial charge in [0.1, 0.15) is 13.2 Å². The molecular formula is C49H94O6. The van der Waals surface area contributed by atoms with Crippen molar-refractivity contribution in [1.82, 2.24) is 0 Å². The highest BCUT2D eigenvalue weighted by molar-refractivity contribution is 5.71. The zero-order chi connectivity index (χ0) is 40.5. The Labute approximate surface area is 342 Å². The highest BCUT2D eigenvalue weighted by Crippen LogP contribution is 2.17. The summed E-state index contributed by atoms with van der Waals surface area (Å²) in [6.45, 7) is 11.3. The molecule has 0 fully saturated rings. The third kappa shape index (κ3) is 43.4. The van der Waals surface area contributed by atoms with Gasteiger partial charge < -0.3 is 14.2 Å². The van der Waals surface area contributed by atoms with E-state index in [1.165, 1.54) is 154 Å². The molecule has 0 heterocycles. The molecule has 0 spiro atoms. The zero-order valence-corrected chi connectivity index (χ0v) is 37.6. The molecule has 55 heavy (non-hydrogen) atoms. The van der Waals surface area contributed by atoms with E-state index in [0.717, 1.165) is 69.6 Å². The van der Waals surface area contributed by atoms with Crippen molar-refractivity contribution < 1.29 is 28.6 Å². The maximum absolute atomic E-state index is 12.7. The quantitative estimate of drug-likeness (QED) is 0.0348. The maximum atomic E-state index is 12.7. The summed E-state index contributed by atoms with van der Waals surface area (Å²) in [5.74, 6) is 0.721. The molecule has 6 nitrogen and oxygen atoms in total. The highest BCUT2D eigenvalue weighted by atomic mass is 16.6. The van der Waals surface area contributed by atoms with E-state index in [2.05, 4.69) is 34.6 Å². The van der Waals surface area contributed by atoms with Gasteiger partial charge in [-0.05, 0) is 31.1 Å². The lowest BCUT2D eigenvalue weighted by molar-refractivity contribution is -0.167. The predicted octanol–water partition coefficient (Wildman–Crippen LogP) is 15.4. The number of hydrogen-bond acceptors (Lipinski definition) is 6. The van der Waals surface area contributed by atoms with E-state index in [4.69, 9.17) is 14.2 Å². The van der Waals surface area contributed by atoms with Crippen molar-refractivity contribution in [3.8, 4) is 0 Å². The van der Waals surface area contributed by atoms with Crippen LogP contribution in [0.5, 0.6) is 0 Å². The summed E-state index contributed by atoms with van der Waals surface area (Å²) in [6.07, 6.45) is 41.0. The number of ether oxygens (including phenoxy) is 3. The number of esters is 3. The Morgan fingerprint density at radius 2 is 0.600 bits per heavy atom. The van der Waals surface area contributed by atoms with Crippen molar-refractivity contribution in [3.63, 3.8) is 0 Å². The largest absolute Gasteiger partial charge is 0.462 e. The first-order valence-corrected chi connectivity index (χ1v) is 24.2. The predicted molar refractivity (Wildman–Crippen MR) is 233 cm³/mol. The van der Waals surface area contributed by atoms with Crippen LogP contribution in [0, 0.1) is 11.8 Å². The van der Waals surface area contributed by atoms with Gasteiger partial charge in [0.2, 0.25) is 0 Å². The molecule has 0 unspecified atom stereocenters. The van der Waals surface area contributed by atoms with Crippen LogP contribution in [0.1, 0.15) is 266 Å². The molecule has 0 amide bonds. The second-order valence-corrected chi connectivity index (χ2v) is 17.7. The third-order valence-electron chi connectivity index (χ3n) is 11.0. The number of hydrogen-bond donors (Lipinski definition) is 0. The second-order valence-electron chi connectivity index (χ2n) is 17.7. The molecule has 0 bridgehead atoms. The molecule has 0 aromatic rings. The topological polar surface area (TPSA) is 78.9 Å². The van der Waals surface area contributed by atoms with Crippen molar-refractivity contribution in [1.29, 1.82) is 0 Å². The average molecular weight is 779 g/mol. The fourth-order valence-electron chi connectivity index (χ4n) is 7.28. The summed E-state index contributed by atoms with van der Waals surface area (Å²) < 4.78 is 16.7. The molecule has 0 aliphatic rings. The van der Waals surface area contributed by atoms with Crippen LogP contribution in [-0.4, -0.2) is 37.2 Å². The molecular weight excluding hydrogens is 685 g/mol. The van der Waals surface area contributed by atoms with E-state index < -0.39 is 6.10 Å². The molecule has 0 aromatic carbocycles. The molecule has 0 aliphatic carbocycles. The van der Waals surface area contributed by atoms with Crippen LogP contribution in [0.4, 0.5) is 0 Å². The summed E-state index contributed by atoms with van der Waals surface area (Å²) in [7, 11) is 0. The van der Waals surface area contributed by atoms with Crippen LogP contribution >= 0.6 is 0 Å². The van der Waals surface area contributed by atoms with E-state index in [0.29, 0.717) is 19.3 Å². The lowest BCUT2D eigenvalue weighted by Gasteiger charge is -2.18.